The molecule has 0 radical (unpaired) electrons. The Hall–Kier alpha value is -3.77. The molecule has 3 heterocycles. The topological polar surface area (TPSA) is 77.6 Å². The normalized spacial score (nSPS) is 13.9. The number of thiophene rings is 1. The minimum atomic E-state index is -4.59. The van der Waals surface area contributed by atoms with Gasteiger partial charge < -0.3 is 15.5 Å². The number of amides is 2. The van der Waals surface area contributed by atoms with Crippen LogP contribution in [0.5, 0.6) is 0 Å². The average Bonchev–Trinajstić information content (AvgIpc) is 3.58. The monoisotopic (exact) mass is 657 g/mol. The highest BCUT2D eigenvalue weighted by molar-refractivity contribution is 7.13. The summed E-state index contributed by atoms with van der Waals surface area (Å²) < 4.78 is 42.1. The fourth-order valence-corrected chi connectivity index (χ4v) is 5.85. The van der Waals surface area contributed by atoms with Gasteiger partial charge in [0.25, 0.3) is 11.8 Å². The van der Waals surface area contributed by atoms with Gasteiger partial charge in [-0.2, -0.15) is 13.2 Å². The fourth-order valence-electron chi connectivity index (χ4n) is 4.90. The molecular formula is C33H35ClF3N5O2S. The third kappa shape index (κ3) is 9.13. The standard InChI is InChI=1S/C31H29ClF3N5O2S.C2H6/c1-2-39-7-9-40(10-8-39)19-20-5-6-25(16-27(20)31(33,34)35)37-29(41)21-13-24(32)15-26(14-21)38-30(42)23-12-22(17-36-18-23)28-4-3-11-43-28;1-2/h3-6,11-18H,2,7-10,19H2,1H3,(H,37,41)(H,38,42);1-2H3. The number of pyridine rings is 1. The lowest BCUT2D eigenvalue weighted by Gasteiger charge is -2.34. The Bertz CT molecular complexity index is 1610. The van der Waals surface area contributed by atoms with Gasteiger partial charge in [-0.1, -0.05) is 44.5 Å². The van der Waals surface area contributed by atoms with Crippen LogP contribution in [0.15, 0.2) is 72.4 Å². The van der Waals surface area contributed by atoms with E-state index in [0.29, 0.717) is 18.7 Å². The van der Waals surface area contributed by atoms with Gasteiger partial charge in [-0.05, 0) is 60.0 Å². The molecule has 0 saturated carbocycles. The van der Waals surface area contributed by atoms with Crippen LogP contribution in [0, 0.1) is 0 Å². The second-order valence-electron chi connectivity index (χ2n) is 10.2. The molecule has 0 unspecified atom stereocenters. The van der Waals surface area contributed by atoms with Crippen LogP contribution in [-0.4, -0.2) is 59.3 Å². The zero-order valence-corrected chi connectivity index (χ0v) is 26.8. The molecule has 2 N–H and O–H groups in total. The zero-order chi connectivity index (χ0) is 32.6. The molecule has 7 nitrogen and oxygen atoms in total. The van der Waals surface area contributed by atoms with Crippen molar-refractivity contribution in [3.8, 4) is 10.4 Å². The van der Waals surface area contributed by atoms with E-state index in [1.165, 1.54) is 47.9 Å². The molecular weight excluding hydrogens is 623 g/mol. The number of alkyl halides is 3. The van der Waals surface area contributed by atoms with E-state index in [0.717, 1.165) is 36.1 Å². The number of carbonyl (C=O) groups is 2. The van der Waals surface area contributed by atoms with Gasteiger partial charge in [-0.15, -0.1) is 11.3 Å². The maximum Gasteiger partial charge on any atom is 0.416 e. The van der Waals surface area contributed by atoms with Gasteiger partial charge in [0.05, 0.1) is 11.1 Å². The van der Waals surface area contributed by atoms with Gasteiger partial charge >= 0.3 is 6.18 Å². The predicted octanol–water partition coefficient (Wildman–Crippen LogP) is 8.15. The highest BCUT2D eigenvalue weighted by Gasteiger charge is 2.34. The molecule has 2 amide bonds. The minimum absolute atomic E-state index is 0.00101. The summed E-state index contributed by atoms with van der Waals surface area (Å²) in [5.41, 5.74) is 0.778. The zero-order valence-electron chi connectivity index (χ0n) is 25.2. The largest absolute Gasteiger partial charge is 0.416 e. The Balaban J connectivity index is 0.00000226. The van der Waals surface area contributed by atoms with Crippen molar-refractivity contribution in [1.82, 2.24) is 14.8 Å². The van der Waals surface area contributed by atoms with E-state index in [2.05, 4.69) is 27.4 Å². The number of likely N-dealkylation sites (N-methyl/N-ethyl adjacent to an activating group) is 1. The predicted molar refractivity (Wildman–Crippen MR) is 175 cm³/mol. The molecule has 0 bridgehead atoms. The van der Waals surface area contributed by atoms with Crippen molar-refractivity contribution in [1.29, 1.82) is 0 Å². The van der Waals surface area contributed by atoms with Crippen molar-refractivity contribution in [2.45, 2.75) is 33.5 Å². The Labute approximate surface area is 270 Å². The van der Waals surface area contributed by atoms with E-state index in [-0.39, 0.29) is 34.1 Å². The summed E-state index contributed by atoms with van der Waals surface area (Å²) in [4.78, 5) is 35.4. The van der Waals surface area contributed by atoms with Crippen LogP contribution < -0.4 is 10.6 Å². The Morgan fingerprint density at radius 2 is 1.58 bits per heavy atom. The van der Waals surface area contributed by atoms with E-state index >= 15 is 0 Å². The summed E-state index contributed by atoms with van der Waals surface area (Å²) in [5.74, 6) is -1.13. The molecule has 1 aliphatic heterocycles. The van der Waals surface area contributed by atoms with E-state index in [1.807, 2.05) is 36.3 Å². The first-order chi connectivity index (χ1) is 21.6. The van der Waals surface area contributed by atoms with E-state index < -0.39 is 23.6 Å². The van der Waals surface area contributed by atoms with Crippen LogP contribution in [0.3, 0.4) is 0 Å². The first-order valence-electron chi connectivity index (χ1n) is 14.7. The summed E-state index contributed by atoms with van der Waals surface area (Å²) in [7, 11) is 0. The molecule has 0 spiro atoms. The smallest absolute Gasteiger partial charge is 0.322 e. The van der Waals surface area contributed by atoms with Crippen LogP contribution in [-0.2, 0) is 12.7 Å². The Morgan fingerprint density at radius 1 is 0.889 bits per heavy atom. The number of anilines is 2. The number of nitrogens with one attached hydrogen (secondary N) is 2. The summed E-state index contributed by atoms with van der Waals surface area (Å²) in [6, 6.07) is 13.6. The molecule has 2 aromatic heterocycles. The number of benzene rings is 2. The Morgan fingerprint density at radius 3 is 2.24 bits per heavy atom. The van der Waals surface area contributed by atoms with Crippen LogP contribution >= 0.6 is 22.9 Å². The number of rotatable bonds is 8. The van der Waals surface area contributed by atoms with E-state index in [1.54, 1.807) is 12.3 Å². The number of halogens is 4. The molecule has 4 aromatic rings. The molecule has 2 aromatic carbocycles. The first-order valence-corrected chi connectivity index (χ1v) is 15.9. The van der Waals surface area contributed by atoms with Crippen LogP contribution in [0.4, 0.5) is 24.5 Å². The van der Waals surface area contributed by atoms with Crippen LogP contribution in [0.1, 0.15) is 52.6 Å². The highest BCUT2D eigenvalue weighted by atomic mass is 35.5. The van der Waals surface area contributed by atoms with Crippen molar-refractivity contribution < 1.29 is 22.8 Å². The number of piperazine rings is 1. The van der Waals surface area contributed by atoms with Crippen molar-refractivity contribution in [3.05, 3.63) is 99.6 Å². The number of carbonyl (C=O) groups excluding carboxylic acids is 2. The summed E-state index contributed by atoms with van der Waals surface area (Å²) in [6.07, 6.45) is -1.50. The minimum Gasteiger partial charge on any atom is -0.322 e. The molecule has 12 heteroatoms. The Kier molecular flexibility index (Phi) is 11.7. The number of aromatic nitrogens is 1. The molecule has 0 aliphatic carbocycles. The quantitative estimate of drug-likeness (QED) is 0.200. The summed E-state index contributed by atoms with van der Waals surface area (Å²) in [6.45, 7) is 10.1. The number of hydrogen-bond donors (Lipinski definition) is 2. The summed E-state index contributed by atoms with van der Waals surface area (Å²) in [5, 5.41) is 7.35. The van der Waals surface area contributed by atoms with Gasteiger partial charge in [0.2, 0.25) is 0 Å². The van der Waals surface area contributed by atoms with Gasteiger partial charge in [-0.25, -0.2) is 0 Å². The van der Waals surface area contributed by atoms with E-state index in [9.17, 15) is 22.8 Å². The molecule has 1 fully saturated rings. The molecule has 1 aliphatic rings. The molecule has 45 heavy (non-hydrogen) atoms. The summed E-state index contributed by atoms with van der Waals surface area (Å²) >= 11 is 7.76. The van der Waals surface area contributed by atoms with Crippen molar-refractivity contribution in [2.24, 2.45) is 0 Å². The average molecular weight is 658 g/mol. The van der Waals surface area contributed by atoms with Crippen LogP contribution in [0.2, 0.25) is 5.02 Å². The first kappa shape index (κ1) is 34.1. The SMILES string of the molecule is CC.CCN1CCN(Cc2ccc(NC(=O)c3cc(Cl)cc(NC(=O)c4cncc(-c5cccs5)c4)c3)cc2C(F)(F)F)CC1. The van der Waals surface area contributed by atoms with Crippen molar-refractivity contribution in [2.75, 3.05) is 43.4 Å². The van der Waals surface area contributed by atoms with Crippen molar-refractivity contribution in [3.63, 3.8) is 0 Å². The van der Waals surface area contributed by atoms with Crippen molar-refractivity contribution >= 4 is 46.1 Å². The molecule has 238 valence electrons. The lowest BCUT2D eigenvalue weighted by Crippen LogP contribution is -2.45. The van der Waals surface area contributed by atoms with Gasteiger partial charge in [0.15, 0.2) is 0 Å². The molecule has 5 rings (SSSR count). The lowest BCUT2D eigenvalue weighted by atomic mass is 10.0. The maximum absolute atomic E-state index is 14.0. The van der Waals surface area contributed by atoms with Gasteiger partial charge in [-0.3, -0.25) is 19.5 Å². The second-order valence-corrected chi connectivity index (χ2v) is 11.5. The van der Waals surface area contributed by atoms with Crippen LogP contribution in [0.25, 0.3) is 10.4 Å². The number of hydrogen-bond acceptors (Lipinski definition) is 6. The molecule has 1 saturated heterocycles. The lowest BCUT2D eigenvalue weighted by molar-refractivity contribution is -0.138. The third-order valence-corrected chi connectivity index (χ3v) is 8.34. The van der Waals surface area contributed by atoms with E-state index in [4.69, 9.17) is 11.6 Å². The third-order valence-electron chi connectivity index (χ3n) is 7.20. The van der Waals surface area contributed by atoms with Gasteiger partial charge in [0, 0.05) is 77.5 Å². The maximum atomic E-state index is 14.0. The number of nitrogens with zero attached hydrogens (tertiary/aromatic N) is 3. The molecule has 0 atom stereocenters. The van der Waals surface area contributed by atoms with Gasteiger partial charge in [0.1, 0.15) is 0 Å². The fraction of sp³-hybridized carbons (Fsp3) is 0.303. The highest BCUT2D eigenvalue weighted by Crippen LogP contribution is 2.35. The second kappa shape index (κ2) is 15.5.